The van der Waals surface area contributed by atoms with E-state index in [1.54, 1.807) is 6.92 Å². The van der Waals surface area contributed by atoms with Gasteiger partial charge in [0.15, 0.2) is 10.8 Å². The number of piperidine rings is 1. The van der Waals surface area contributed by atoms with Crippen LogP contribution >= 0.6 is 11.3 Å². The molecule has 0 spiro atoms. The minimum atomic E-state index is -3.86. The van der Waals surface area contributed by atoms with Gasteiger partial charge in [-0.25, -0.2) is 18.2 Å². The van der Waals surface area contributed by atoms with Crippen LogP contribution in [0, 0.1) is 11.8 Å². The van der Waals surface area contributed by atoms with Crippen LogP contribution in [0.5, 0.6) is 5.75 Å². The molecule has 2 atom stereocenters. The van der Waals surface area contributed by atoms with E-state index in [9.17, 15) is 18.0 Å². The third kappa shape index (κ3) is 5.28. The maximum absolute atomic E-state index is 13.4. The molecule has 0 bridgehead atoms. The Hall–Kier alpha value is -2.50. The van der Waals surface area contributed by atoms with Gasteiger partial charge in [0.25, 0.3) is 5.91 Å². The fourth-order valence-electron chi connectivity index (χ4n) is 3.76. The summed E-state index contributed by atoms with van der Waals surface area (Å²) >= 11 is 1.07. The van der Waals surface area contributed by atoms with Gasteiger partial charge >= 0.3 is 5.97 Å². The molecule has 2 unspecified atom stereocenters. The van der Waals surface area contributed by atoms with Crippen LogP contribution in [0.4, 0.5) is 5.13 Å². The number of aromatic nitrogens is 1. The summed E-state index contributed by atoms with van der Waals surface area (Å²) in [5, 5.41) is 4.28. The van der Waals surface area contributed by atoms with Gasteiger partial charge in [0.1, 0.15) is 10.6 Å². The molecular formula is C21H27N3O6S2. The number of carbonyl (C=O) groups is 2. The molecule has 11 heteroatoms. The number of nitrogens with one attached hydrogen (secondary N) is 1. The smallest absolute Gasteiger partial charge is 0.357 e. The molecule has 1 aliphatic rings. The summed E-state index contributed by atoms with van der Waals surface area (Å²) in [5.74, 6) is -0.471. The molecule has 0 radical (unpaired) electrons. The van der Waals surface area contributed by atoms with E-state index in [4.69, 9.17) is 9.47 Å². The molecule has 1 aliphatic heterocycles. The molecule has 0 aliphatic carbocycles. The maximum atomic E-state index is 13.4. The van der Waals surface area contributed by atoms with Crippen molar-refractivity contribution >= 4 is 38.4 Å². The number of benzene rings is 1. The summed E-state index contributed by atoms with van der Waals surface area (Å²) in [6.07, 6.45) is 0.965. The zero-order valence-electron chi connectivity index (χ0n) is 18.5. The third-order valence-electron chi connectivity index (χ3n) is 5.09. The summed E-state index contributed by atoms with van der Waals surface area (Å²) in [5.41, 5.74) is 0.230. The fraction of sp³-hybridized carbons (Fsp3) is 0.476. The SMILES string of the molecule is CCOC(=O)c1csc(NC(=O)c2ccc(OC)c(S(=O)(=O)N3CC(C)CC(C)C3)c2)n1. The van der Waals surface area contributed by atoms with Gasteiger partial charge in [0.05, 0.1) is 13.7 Å². The number of sulfonamides is 1. The van der Waals surface area contributed by atoms with Crippen LogP contribution in [0.2, 0.25) is 0 Å². The van der Waals surface area contributed by atoms with E-state index in [0.717, 1.165) is 17.8 Å². The summed E-state index contributed by atoms with van der Waals surface area (Å²) in [6.45, 7) is 6.79. The first kappa shape index (κ1) is 24.1. The number of hydrogen-bond acceptors (Lipinski definition) is 8. The Labute approximate surface area is 191 Å². The second-order valence-corrected chi connectivity index (χ2v) is 10.6. The number of nitrogens with zero attached hydrogens (tertiary/aromatic N) is 2. The highest BCUT2D eigenvalue weighted by Gasteiger charge is 2.34. The molecule has 1 aromatic carbocycles. The Morgan fingerprint density at radius 1 is 1.25 bits per heavy atom. The van der Waals surface area contributed by atoms with Crippen molar-refractivity contribution in [1.29, 1.82) is 0 Å². The molecule has 2 heterocycles. The van der Waals surface area contributed by atoms with Crippen LogP contribution in [-0.4, -0.2) is 56.4 Å². The quantitative estimate of drug-likeness (QED) is 0.604. The van der Waals surface area contributed by atoms with Gasteiger partial charge in [-0.3, -0.25) is 10.1 Å². The summed E-state index contributed by atoms with van der Waals surface area (Å²) in [6, 6.07) is 4.26. The highest BCUT2D eigenvalue weighted by molar-refractivity contribution is 7.89. The first-order chi connectivity index (χ1) is 15.1. The molecule has 1 amide bonds. The lowest BCUT2D eigenvalue weighted by Gasteiger charge is -2.34. The van der Waals surface area contributed by atoms with Crippen LogP contribution in [0.3, 0.4) is 0 Å². The molecule has 1 N–H and O–H groups in total. The summed E-state index contributed by atoms with van der Waals surface area (Å²) < 4.78 is 38.4. The number of amides is 1. The number of ether oxygens (including phenoxy) is 2. The number of hydrogen-bond donors (Lipinski definition) is 1. The zero-order chi connectivity index (χ0) is 23.5. The number of carbonyl (C=O) groups excluding carboxylic acids is 2. The van der Waals surface area contributed by atoms with Gasteiger partial charge in [0, 0.05) is 24.0 Å². The number of thiazole rings is 1. The Bertz CT molecular complexity index is 1090. The molecule has 0 saturated carbocycles. The van der Waals surface area contributed by atoms with E-state index in [2.05, 4.69) is 10.3 Å². The van der Waals surface area contributed by atoms with E-state index in [-0.39, 0.29) is 45.5 Å². The third-order valence-corrected chi connectivity index (χ3v) is 7.70. The van der Waals surface area contributed by atoms with E-state index in [0.29, 0.717) is 13.1 Å². The molecule has 2 aromatic rings. The monoisotopic (exact) mass is 481 g/mol. The maximum Gasteiger partial charge on any atom is 0.357 e. The lowest BCUT2D eigenvalue weighted by molar-refractivity contribution is 0.0520. The summed E-state index contributed by atoms with van der Waals surface area (Å²) in [4.78, 5) is 28.5. The number of methoxy groups -OCH3 is 1. The van der Waals surface area contributed by atoms with Crippen molar-refractivity contribution in [2.45, 2.75) is 32.1 Å². The predicted molar refractivity (Wildman–Crippen MR) is 121 cm³/mol. The van der Waals surface area contributed by atoms with Crippen molar-refractivity contribution in [1.82, 2.24) is 9.29 Å². The standard InChI is InChI=1S/C21H27N3O6S2/c1-5-30-20(26)16-12-31-21(22-16)23-19(25)15-6-7-17(29-4)18(9-15)32(27,28)24-10-13(2)8-14(3)11-24/h6-7,9,12-14H,5,8,10-11H2,1-4H3,(H,22,23,25). The average molecular weight is 482 g/mol. The van der Waals surface area contributed by atoms with E-state index >= 15 is 0 Å². The van der Waals surface area contributed by atoms with E-state index in [1.165, 1.54) is 35.0 Å². The highest BCUT2D eigenvalue weighted by atomic mass is 32.2. The Balaban J connectivity index is 1.86. The molecule has 174 valence electrons. The predicted octanol–water partition coefficient (Wildman–Crippen LogP) is 3.25. The van der Waals surface area contributed by atoms with Gasteiger partial charge < -0.3 is 9.47 Å². The van der Waals surface area contributed by atoms with Crippen molar-refractivity contribution in [3.05, 3.63) is 34.8 Å². The Morgan fingerprint density at radius 3 is 2.56 bits per heavy atom. The Morgan fingerprint density at radius 2 is 1.94 bits per heavy atom. The first-order valence-corrected chi connectivity index (χ1v) is 12.6. The topological polar surface area (TPSA) is 115 Å². The number of anilines is 1. The number of esters is 1. The number of rotatable bonds is 7. The molecular weight excluding hydrogens is 454 g/mol. The van der Waals surface area contributed by atoms with Gasteiger partial charge in [-0.1, -0.05) is 13.8 Å². The molecule has 1 fully saturated rings. The van der Waals surface area contributed by atoms with Crippen molar-refractivity contribution in [2.75, 3.05) is 32.1 Å². The lowest BCUT2D eigenvalue weighted by Crippen LogP contribution is -2.42. The minimum absolute atomic E-state index is 0.0553. The van der Waals surface area contributed by atoms with Crippen molar-refractivity contribution < 1.29 is 27.5 Å². The Kier molecular flexibility index (Phi) is 7.52. The van der Waals surface area contributed by atoms with Crippen LogP contribution in [0.1, 0.15) is 48.0 Å². The van der Waals surface area contributed by atoms with Crippen LogP contribution in [0.15, 0.2) is 28.5 Å². The van der Waals surface area contributed by atoms with Gasteiger partial charge in [-0.15, -0.1) is 11.3 Å². The lowest BCUT2D eigenvalue weighted by atomic mass is 9.94. The van der Waals surface area contributed by atoms with E-state index < -0.39 is 21.9 Å². The normalized spacial score (nSPS) is 19.4. The molecule has 1 saturated heterocycles. The zero-order valence-corrected chi connectivity index (χ0v) is 20.1. The minimum Gasteiger partial charge on any atom is -0.495 e. The van der Waals surface area contributed by atoms with Crippen LogP contribution in [-0.2, 0) is 14.8 Å². The van der Waals surface area contributed by atoms with Crippen molar-refractivity contribution in [3.8, 4) is 5.75 Å². The highest BCUT2D eigenvalue weighted by Crippen LogP contribution is 2.32. The molecule has 1 aromatic heterocycles. The molecule has 32 heavy (non-hydrogen) atoms. The van der Waals surface area contributed by atoms with Gasteiger partial charge in [0.2, 0.25) is 10.0 Å². The second-order valence-electron chi connectivity index (χ2n) is 7.85. The van der Waals surface area contributed by atoms with Gasteiger partial charge in [-0.05, 0) is 43.4 Å². The average Bonchev–Trinajstić information content (AvgIpc) is 3.21. The van der Waals surface area contributed by atoms with Crippen molar-refractivity contribution in [3.63, 3.8) is 0 Å². The fourth-order valence-corrected chi connectivity index (χ4v) is 6.30. The van der Waals surface area contributed by atoms with Crippen molar-refractivity contribution in [2.24, 2.45) is 11.8 Å². The second kappa shape index (κ2) is 9.97. The van der Waals surface area contributed by atoms with E-state index in [1.807, 2.05) is 13.8 Å². The first-order valence-electron chi connectivity index (χ1n) is 10.3. The van der Waals surface area contributed by atoms with Crippen LogP contribution in [0.25, 0.3) is 0 Å². The van der Waals surface area contributed by atoms with Crippen LogP contribution < -0.4 is 10.1 Å². The molecule has 3 rings (SSSR count). The van der Waals surface area contributed by atoms with Gasteiger partial charge in [-0.2, -0.15) is 4.31 Å². The molecule has 9 nitrogen and oxygen atoms in total. The largest absolute Gasteiger partial charge is 0.495 e. The summed E-state index contributed by atoms with van der Waals surface area (Å²) in [7, 11) is -2.47.